The van der Waals surface area contributed by atoms with Gasteiger partial charge in [0.05, 0.1) is 6.07 Å². The van der Waals surface area contributed by atoms with Crippen LogP contribution in [-0.2, 0) is 0 Å². The van der Waals surface area contributed by atoms with Gasteiger partial charge in [0.25, 0.3) is 5.91 Å². The molecule has 5 nitrogen and oxygen atoms in total. The van der Waals surface area contributed by atoms with E-state index in [2.05, 4.69) is 10.5 Å². The van der Waals surface area contributed by atoms with Crippen LogP contribution in [0.2, 0.25) is 0 Å². The Hall–Kier alpha value is -1.83. The normalized spacial score (nSPS) is 10.7. The zero-order valence-corrected chi connectivity index (χ0v) is 8.29. The van der Waals surface area contributed by atoms with Crippen molar-refractivity contribution >= 4 is 5.91 Å². The second-order valence-electron chi connectivity index (χ2n) is 3.51. The molecule has 0 fully saturated rings. The Morgan fingerprint density at radius 2 is 2.36 bits per heavy atom. The Balaban J connectivity index is 2.74. The average molecular weight is 193 g/mol. The van der Waals surface area contributed by atoms with Crippen LogP contribution in [0.25, 0.3) is 0 Å². The van der Waals surface area contributed by atoms with E-state index in [4.69, 9.17) is 9.78 Å². The molecule has 0 radical (unpaired) electrons. The maximum absolute atomic E-state index is 11.4. The van der Waals surface area contributed by atoms with Gasteiger partial charge < -0.3 is 9.84 Å². The molecule has 1 heterocycles. The van der Waals surface area contributed by atoms with E-state index >= 15 is 0 Å². The van der Waals surface area contributed by atoms with Crippen LogP contribution in [0, 0.1) is 18.3 Å². The van der Waals surface area contributed by atoms with E-state index in [0.717, 1.165) is 0 Å². The molecule has 5 heteroatoms. The molecule has 1 aromatic rings. The summed E-state index contributed by atoms with van der Waals surface area (Å²) < 4.78 is 4.74. The van der Waals surface area contributed by atoms with Gasteiger partial charge in [0.1, 0.15) is 11.3 Å². The highest BCUT2D eigenvalue weighted by molar-refractivity contribution is 5.92. The highest BCUT2D eigenvalue weighted by atomic mass is 16.5. The summed E-state index contributed by atoms with van der Waals surface area (Å²) in [7, 11) is 0. The molecule has 0 aliphatic carbocycles. The summed E-state index contributed by atoms with van der Waals surface area (Å²) in [5.74, 6) is 0.151. The molecular weight excluding hydrogens is 182 g/mol. The lowest BCUT2D eigenvalue weighted by molar-refractivity contribution is 0.0920. The Labute approximate surface area is 81.7 Å². The van der Waals surface area contributed by atoms with Gasteiger partial charge in [0, 0.05) is 6.07 Å². The number of nitriles is 1. The van der Waals surface area contributed by atoms with E-state index in [1.54, 1.807) is 20.8 Å². The van der Waals surface area contributed by atoms with Gasteiger partial charge in [0.2, 0.25) is 0 Å². The van der Waals surface area contributed by atoms with Gasteiger partial charge in [-0.3, -0.25) is 4.79 Å². The van der Waals surface area contributed by atoms with Gasteiger partial charge in [-0.2, -0.15) is 5.26 Å². The van der Waals surface area contributed by atoms with Crippen LogP contribution in [0.4, 0.5) is 0 Å². The first-order valence-corrected chi connectivity index (χ1v) is 4.12. The van der Waals surface area contributed by atoms with Gasteiger partial charge >= 0.3 is 0 Å². The molecular formula is C9H11N3O2. The van der Waals surface area contributed by atoms with Gasteiger partial charge in [-0.25, -0.2) is 0 Å². The van der Waals surface area contributed by atoms with Crippen molar-refractivity contribution in [1.29, 1.82) is 5.26 Å². The molecule has 1 rings (SSSR count). The molecule has 0 aromatic carbocycles. The summed E-state index contributed by atoms with van der Waals surface area (Å²) in [4.78, 5) is 11.4. The summed E-state index contributed by atoms with van der Waals surface area (Å²) in [6, 6.07) is 3.48. The van der Waals surface area contributed by atoms with Crippen molar-refractivity contribution < 1.29 is 9.32 Å². The van der Waals surface area contributed by atoms with E-state index in [-0.39, 0.29) is 5.69 Å². The smallest absolute Gasteiger partial charge is 0.274 e. The van der Waals surface area contributed by atoms with Crippen molar-refractivity contribution in [3.63, 3.8) is 0 Å². The molecule has 0 atom stereocenters. The van der Waals surface area contributed by atoms with Crippen molar-refractivity contribution in [3.05, 3.63) is 17.5 Å². The van der Waals surface area contributed by atoms with E-state index in [1.165, 1.54) is 6.07 Å². The standard InChI is InChI=1S/C9H11N3O2/c1-6-4-7(12-14-6)8(13)11-9(2,3)5-10/h4H,1-3H3,(H,11,13). The number of amides is 1. The van der Waals surface area contributed by atoms with Crippen molar-refractivity contribution in [2.75, 3.05) is 0 Å². The third kappa shape index (κ3) is 2.33. The third-order valence-electron chi connectivity index (χ3n) is 1.57. The van der Waals surface area contributed by atoms with Crippen LogP contribution in [0.3, 0.4) is 0 Å². The molecule has 14 heavy (non-hydrogen) atoms. The molecule has 0 bridgehead atoms. The third-order valence-corrected chi connectivity index (χ3v) is 1.57. The lowest BCUT2D eigenvalue weighted by Crippen LogP contribution is -2.42. The summed E-state index contributed by atoms with van der Waals surface area (Å²) in [5, 5.41) is 14.7. The number of nitrogens with one attached hydrogen (secondary N) is 1. The zero-order valence-electron chi connectivity index (χ0n) is 8.29. The zero-order chi connectivity index (χ0) is 10.8. The molecule has 1 N–H and O–H groups in total. The Bertz CT molecular complexity index is 387. The number of rotatable bonds is 2. The van der Waals surface area contributed by atoms with Crippen LogP contribution in [-0.4, -0.2) is 16.6 Å². The van der Waals surface area contributed by atoms with Gasteiger partial charge in [-0.1, -0.05) is 5.16 Å². The largest absolute Gasteiger partial charge is 0.361 e. The minimum Gasteiger partial charge on any atom is -0.361 e. The Kier molecular flexibility index (Phi) is 2.56. The molecule has 0 spiro atoms. The first-order chi connectivity index (χ1) is 6.44. The fraction of sp³-hybridized carbons (Fsp3) is 0.444. The molecule has 0 saturated carbocycles. The predicted molar refractivity (Wildman–Crippen MR) is 48.4 cm³/mol. The summed E-state index contributed by atoms with van der Waals surface area (Å²) in [6.07, 6.45) is 0. The van der Waals surface area contributed by atoms with E-state index in [0.29, 0.717) is 5.76 Å². The number of nitrogens with zero attached hydrogens (tertiary/aromatic N) is 2. The summed E-state index contributed by atoms with van der Waals surface area (Å²) in [5.41, 5.74) is -0.713. The highest BCUT2D eigenvalue weighted by Crippen LogP contribution is 2.05. The number of hydrogen-bond donors (Lipinski definition) is 1. The molecule has 0 saturated heterocycles. The van der Waals surface area contributed by atoms with Crippen LogP contribution in [0.5, 0.6) is 0 Å². The van der Waals surface area contributed by atoms with E-state index in [9.17, 15) is 4.79 Å². The maximum Gasteiger partial charge on any atom is 0.274 e. The fourth-order valence-corrected chi connectivity index (χ4v) is 0.849. The monoisotopic (exact) mass is 193 g/mol. The molecule has 0 aliphatic heterocycles. The second kappa shape index (κ2) is 3.50. The molecule has 1 aromatic heterocycles. The lowest BCUT2D eigenvalue weighted by atomic mass is 10.1. The van der Waals surface area contributed by atoms with E-state index in [1.807, 2.05) is 6.07 Å². The number of aromatic nitrogens is 1. The number of carbonyl (C=O) groups is 1. The quantitative estimate of drug-likeness (QED) is 0.760. The molecule has 0 aliphatic rings. The SMILES string of the molecule is Cc1cc(C(=O)NC(C)(C)C#N)no1. The molecule has 74 valence electrons. The number of hydrogen-bond acceptors (Lipinski definition) is 4. The first-order valence-electron chi connectivity index (χ1n) is 4.12. The minimum atomic E-state index is -0.899. The second-order valence-corrected chi connectivity index (χ2v) is 3.51. The van der Waals surface area contributed by atoms with Crippen molar-refractivity contribution in [2.45, 2.75) is 26.3 Å². The Morgan fingerprint density at radius 3 is 2.79 bits per heavy atom. The first kappa shape index (κ1) is 10.3. The highest BCUT2D eigenvalue weighted by Gasteiger charge is 2.21. The van der Waals surface area contributed by atoms with Gasteiger partial charge in [-0.15, -0.1) is 0 Å². The van der Waals surface area contributed by atoms with Crippen LogP contribution in [0.15, 0.2) is 10.6 Å². The lowest BCUT2D eigenvalue weighted by Gasteiger charge is -2.15. The van der Waals surface area contributed by atoms with Crippen LogP contribution < -0.4 is 5.32 Å². The van der Waals surface area contributed by atoms with Crippen molar-refractivity contribution in [3.8, 4) is 6.07 Å². The Morgan fingerprint density at radius 1 is 1.71 bits per heavy atom. The van der Waals surface area contributed by atoms with E-state index < -0.39 is 11.4 Å². The maximum atomic E-state index is 11.4. The molecule has 1 amide bonds. The topological polar surface area (TPSA) is 78.9 Å². The average Bonchev–Trinajstić information content (AvgIpc) is 2.51. The minimum absolute atomic E-state index is 0.186. The van der Waals surface area contributed by atoms with Crippen molar-refractivity contribution in [1.82, 2.24) is 10.5 Å². The van der Waals surface area contributed by atoms with Crippen LogP contribution in [0.1, 0.15) is 30.1 Å². The fourth-order valence-electron chi connectivity index (χ4n) is 0.849. The van der Waals surface area contributed by atoms with Gasteiger partial charge in [0.15, 0.2) is 5.69 Å². The summed E-state index contributed by atoms with van der Waals surface area (Å²) in [6.45, 7) is 4.91. The predicted octanol–water partition coefficient (Wildman–Crippen LogP) is 1.01. The van der Waals surface area contributed by atoms with Crippen molar-refractivity contribution in [2.24, 2.45) is 0 Å². The number of aryl methyl sites for hydroxylation is 1. The number of carbonyl (C=O) groups excluding carboxylic acids is 1. The summed E-state index contributed by atoms with van der Waals surface area (Å²) >= 11 is 0. The molecule has 0 unspecified atom stereocenters. The van der Waals surface area contributed by atoms with Gasteiger partial charge in [-0.05, 0) is 20.8 Å². The van der Waals surface area contributed by atoms with Crippen LogP contribution >= 0.6 is 0 Å².